The summed E-state index contributed by atoms with van der Waals surface area (Å²) < 4.78 is 0. The topological polar surface area (TPSA) is 32.3 Å². The summed E-state index contributed by atoms with van der Waals surface area (Å²) in [7, 11) is 1.96. The molecule has 1 N–H and O–H groups in total. The fraction of sp³-hybridized carbons (Fsp3) is 0.533. The molecule has 0 spiro atoms. The Morgan fingerprint density at radius 3 is 3.00 bits per heavy atom. The van der Waals surface area contributed by atoms with E-state index < -0.39 is 0 Å². The van der Waals surface area contributed by atoms with Crippen LogP contribution in [0.3, 0.4) is 0 Å². The molecule has 1 aromatic carbocycles. The summed E-state index contributed by atoms with van der Waals surface area (Å²) in [4.78, 5) is 14.2. The van der Waals surface area contributed by atoms with Gasteiger partial charge < -0.3 is 10.2 Å². The SMILES string of the molecule is CN[C@H]1CCCN(C(=O)CCc2ccccc2Cl)C1. The van der Waals surface area contributed by atoms with Crippen molar-refractivity contribution in [3.8, 4) is 0 Å². The second-order valence-corrected chi connectivity index (χ2v) is 5.47. The minimum atomic E-state index is 0.236. The summed E-state index contributed by atoms with van der Waals surface area (Å²) in [6.07, 6.45) is 3.51. The van der Waals surface area contributed by atoms with Gasteiger partial charge in [0, 0.05) is 30.6 Å². The molecule has 0 saturated carbocycles. The van der Waals surface area contributed by atoms with Crippen LogP contribution in [-0.2, 0) is 11.2 Å². The molecule has 1 aliphatic rings. The lowest BCUT2D eigenvalue weighted by Crippen LogP contribution is -2.47. The lowest BCUT2D eigenvalue weighted by atomic mass is 10.0. The first-order valence-corrected chi connectivity index (χ1v) is 7.27. The predicted molar refractivity (Wildman–Crippen MR) is 78.4 cm³/mol. The average Bonchev–Trinajstić information content (AvgIpc) is 2.46. The van der Waals surface area contributed by atoms with Crippen molar-refractivity contribution in [3.05, 3.63) is 34.9 Å². The minimum absolute atomic E-state index is 0.236. The van der Waals surface area contributed by atoms with Gasteiger partial charge >= 0.3 is 0 Å². The number of amides is 1. The zero-order valence-corrected chi connectivity index (χ0v) is 12.1. The van der Waals surface area contributed by atoms with Crippen LogP contribution >= 0.6 is 11.6 Å². The number of nitrogens with one attached hydrogen (secondary N) is 1. The molecule has 104 valence electrons. The quantitative estimate of drug-likeness (QED) is 0.919. The number of nitrogens with zero attached hydrogens (tertiary/aromatic N) is 1. The van der Waals surface area contributed by atoms with Gasteiger partial charge in [0.2, 0.25) is 5.91 Å². The van der Waals surface area contributed by atoms with Gasteiger partial charge in [-0.05, 0) is 37.9 Å². The summed E-state index contributed by atoms with van der Waals surface area (Å²) in [5, 5.41) is 4.01. The van der Waals surface area contributed by atoms with Crippen molar-refractivity contribution in [1.82, 2.24) is 10.2 Å². The van der Waals surface area contributed by atoms with Crippen molar-refractivity contribution in [2.45, 2.75) is 31.7 Å². The van der Waals surface area contributed by atoms with Crippen molar-refractivity contribution < 1.29 is 4.79 Å². The first-order valence-electron chi connectivity index (χ1n) is 6.89. The van der Waals surface area contributed by atoms with Crippen LogP contribution in [0.2, 0.25) is 5.02 Å². The van der Waals surface area contributed by atoms with Gasteiger partial charge in [-0.3, -0.25) is 4.79 Å². The summed E-state index contributed by atoms with van der Waals surface area (Å²) in [6, 6.07) is 8.18. The van der Waals surface area contributed by atoms with E-state index in [0.717, 1.165) is 42.9 Å². The van der Waals surface area contributed by atoms with Crippen LogP contribution in [0.1, 0.15) is 24.8 Å². The Balaban J connectivity index is 1.86. The Hall–Kier alpha value is -1.06. The Bertz CT molecular complexity index is 436. The van der Waals surface area contributed by atoms with E-state index in [1.165, 1.54) is 0 Å². The molecule has 1 saturated heterocycles. The van der Waals surface area contributed by atoms with E-state index in [1.807, 2.05) is 36.2 Å². The summed E-state index contributed by atoms with van der Waals surface area (Å²) >= 11 is 6.10. The van der Waals surface area contributed by atoms with Gasteiger partial charge in [0.25, 0.3) is 0 Å². The number of carbonyl (C=O) groups excluding carboxylic acids is 1. The molecule has 0 bridgehead atoms. The molecule has 19 heavy (non-hydrogen) atoms. The van der Waals surface area contributed by atoms with Crippen LogP contribution < -0.4 is 5.32 Å². The number of hydrogen-bond donors (Lipinski definition) is 1. The molecular weight excluding hydrogens is 260 g/mol. The Kier molecular flexibility index (Phi) is 5.23. The van der Waals surface area contributed by atoms with Crippen LogP contribution in [0.25, 0.3) is 0 Å². The fourth-order valence-electron chi connectivity index (χ4n) is 2.54. The van der Waals surface area contributed by atoms with Crippen LogP contribution in [-0.4, -0.2) is 37.0 Å². The average molecular weight is 281 g/mol. The number of rotatable bonds is 4. The summed E-state index contributed by atoms with van der Waals surface area (Å²) in [5.41, 5.74) is 1.06. The lowest BCUT2D eigenvalue weighted by molar-refractivity contribution is -0.132. The highest BCUT2D eigenvalue weighted by Crippen LogP contribution is 2.18. The Morgan fingerprint density at radius 1 is 1.47 bits per heavy atom. The van der Waals surface area contributed by atoms with Crippen molar-refractivity contribution in [1.29, 1.82) is 0 Å². The second-order valence-electron chi connectivity index (χ2n) is 5.06. The van der Waals surface area contributed by atoms with Gasteiger partial charge in [0.15, 0.2) is 0 Å². The third-order valence-electron chi connectivity index (χ3n) is 3.75. The summed E-state index contributed by atoms with van der Waals surface area (Å²) in [5.74, 6) is 0.236. The van der Waals surface area contributed by atoms with Crippen molar-refractivity contribution in [2.24, 2.45) is 0 Å². The number of benzene rings is 1. The predicted octanol–water partition coefficient (Wildman–Crippen LogP) is 2.48. The standard InChI is InChI=1S/C15H21ClN2O/c1-17-13-6-4-10-18(11-13)15(19)9-8-12-5-2-3-7-14(12)16/h2-3,5,7,13,17H,4,6,8-11H2,1H3/t13-/m0/s1. The first kappa shape index (κ1) is 14.4. The molecule has 0 radical (unpaired) electrons. The fourth-order valence-corrected chi connectivity index (χ4v) is 2.77. The van der Waals surface area contributed by atoms with Gasteiger partial charge in [-0.15, -0.1) is 0 Å². The molecule has 1 heterocycles. The maximum atomic E-state index is 12.2. The van der Waals surface area contributed by atoms with E-state index in [4.69, 9.17) is 11.6 Å². The Morgan fingerprint density at radius 2 is 2.26 bits per heavy atom. The maximum absolute atomic E-state index is 12.2. The monoisotopic (exact) mass is 280 g/mol. The van der Waals surface area contributed by atoms with E-state index >= 15 is 0 Å². The number of piperidine rings is 1. The number of likely N-dealkylation sites (tertiary alicyclic amines) is 1. The molecule has 1 aliphatic heterocycles. The maximum Gasteiger partial charge on any atom is 0.222 e. The normalized spacial score (nSPS) is 19.5. The van der Waals surface area contributed by atoms with Gasteiger partial charge in [-0.2, -0.15) is 0 Å². The number of aryl methyl sites for hydroxylation is 1. The van der Waals surface area contributed by atoms with E-state index in [9.17, 15) is 4.79 Å². The number of carbonyl (C=O) groups is 1. The zero-order chi connectivity index (χ0) is 13.7. The third-order valence-corrected chi connectivity index (χ3v) is 4.12. The van der Waals surface area contributed by atoms with E-state index in [2.05, 4.69) is 5.32 Å². The number of hydrogen-bond acceptors (Lipinski definition) is 2. The number of halogens is 1. The molecule has 1 atom stereocenters. The molecule has 0 aromatic heterocycles. The van der Waals surface area contributed by atoms with Gasteiger partial charge in [0.05, 0.1) is 0 Å². The first-order chi connectivity index (χ1) is 9.20. The molecule has 2 rings (SSSR count). The smallest absolute Gasteiger partial charge is 0.222 e. The van der Waals surface area contributed by atoms with Crippen LogP contribution in [0.15, 0.2) is 24.3 Å². The van der Waals surface area contributed by atoms with E-state index in [1.54, 1.807) is 0 Å². The summed E-state index contributed by atoms with van der Waals surface area (Å²) in [6.45, 7) is 1.72. The van der Waals surface area contributed by atoms with Crippen molar-refractivity contribution in [3.63, 3.8) is 0 Å². The largest absolute Gasteiger partial charge is 0.341 e. The van der Waals surface area contributed by atoms with E-state index in [-0.39, 0.29) is 5.91 Å². The Labute approximate surface area is 119 Å². The highest BCUT2D eigenvalue weighted by molar-refractivity contribution is 6.31. The highest BCUT2D eigenvalue weighted by Gasteiger charge is 2.22. The second kappa shape index (κ2) is 6.92. The molecule has 1 amide bonds. The number of likely N-dealkylation sites (N-methyl/N-ethyl adjacent to an activating group) is 1. The van der Waals surface area contributed by atoms with Crippen LogP contribution in [0.5, 0.6) is 0 Å². The van der Waals surface area contributed by atoms with E-state index in [0.29, 0.717) is 12.5 Å². The molecule has 3 nitrogen and oxygen atoms in total. The zero-order valence-electron chi connectivity index (χ0n) is 11.4. The third kappa shape index (κ3) is 3.95. The van der Waals surface area contributed by atoms with Crippen molar-refractivity contribution in [2.75, 3.05) is 20.1 Å². The molecule has 1 fully saturated rings. The molecule has 1 aromatic rings. The van der Waals surface area contributed by atoms with Gasteiger partial charge in [-0.25, -0.2) is 0 Å². The highest BCUT2D eigenvalue weighted by atomic mass is 35.5. The minimum Gasteiger partial charge on any atom is -0.341 e. The van der Waals surface area contributed by atoms with Crippen LogP contribution in [0, 0.1) is 0 Å². The van der Waals surface area contributed by atoms with Gasteiger partial charge in [0.1, 0.15) is 0 Å². The van der Waals surface area contributed by atoms with Crippen LogP contribution in [0.4, 0.5) is 0 Å². The molecule has 4 heteroatoms. The van der Waals surface area contributed by atoms with Crippen molar-refractivity contribution >= 4 is 17.5 Å². The molecule has 0 aliphatic carbocycles. The lowest BCUT2D eigenvalue weighted by Gasteiger charge is -2.32. The van der Waals surface area contributed by atoms with Gasteiger partial charge in [-0.1, -0.05) is 29.8 Å². The molecular formula is C15H21ClN2O. The molecule has 0 unspecified atom stereocenters.